The van der Waals surface area contributed by atoms with Gasteiger partial charge in [-0.2, -0.15) is 0 Å². The minimum Gasteiger partial charge on any atom is -0.467 e. The molecule has 5 aliphatic rings. The zero-order valence-corrected chi connectivity index (χ0v) is 21.9. The van der Waals surface area contributed by atoms with Crippen LogP contribution >= 0.6 is 0 Å². The molecular formula is C28H40N2O6. The van der Waals surface area contributed by atoms with Crippen LogP contribution in [0.2, 0.25) is 0 Å². The molecule has 0 aromatic carbocycles. The van der Waals surface area contributed by atoms with Crippen LogP contribution in [0.15, 0.2) is 29.0 Å². The summed E-state index contributed by atoms with van der Waals surface area (Å²) in [5, 5.41) is 25.2. The van der Waals surface area contributed by atoms with E-state index in [1.54, 1.807) is 0 Å². The monoisotopic (exact) mass is 500 g/mol. The third kappa shape index (κ3) is 3.92. The lowest BCUT2D eigenvalue weighted by molar-refractivity contribution is -0.152. The first kappa shape index (κ1) is 25.5. The number of oxime groups is 1. The fourth-order valence-corrected chi connectivity index (χ4v) is 8.20. The second-order valence-corrected chi connectivity index (χ2v) is 12.2. The van der Waals surface area contributed by atoms with Crippen LogP contribution in [-0.2, 0) is 19.2 Å². The van der Waals surface area contributed by atoms with Gasteiger partial charge in [0.2, 0.25) is 0 Å². The maximum absolute atomic E-state index is 12.6. The highest BCUT2D eigenvalue weighted by Gasteiger charge is 2.62. The molecule has 3 saturated carbocycles. The average molecular weight is 501 g/mol. The first-order chi connectivity index (χ1) is 17.0. The Labute approximate surface area is 213 Å². The van der Waals surface area contributed by atoms with E-state index >= 15 is 0 Å². The number of nitrogens with zero attached hydrogens (tertiary/aromatic N) is 2. The fraction of sp³-hybridized carbons (Fsp3) is 0.750. The highest BCUT2D eigenvalue weighted by molar-refractivity contribution is 6.05. The number of esters is 1. The van der Waals surface area contributed by atoms with E-state index in [0.29, 0.717) is 23.5 Å². The molecule has 4 fully saturated rings. The van der Waals surface area contributed by atoms with Crippen LogP contribution in [0.5, 0.6) is 0 Å². The lowest BCUT2D eigenvalue weighted by atomic mass is 9.47. The lowest BCUT2D eigenvalue weighted by Crippen LogP contribution is -2.53. The van der Waals surface area contributed by atoms with Crippen molar-refractivity contribution in [3.05, 3.63) is 23.8 Å². The summed E-state index contributed by atoms with van der Waals surface area (Å²) in [6.45, 7) is 6.47. The van der Waals surface area contributed by atoms with Crippen LogP contribution in [0.25, 0.3) is 0 Å². The molecule has 0 spiro atoms. The smallest absolute Gasteiger partial charge is 0.328 e. The van der Waals surface area contributed by atoms with E-state index in [9.17, 15) is 19.8 Å². The molecule has 0 aromatic rings. The molecule has 5 rings (SSSR count). The third-order valence-electron chi connectivity index (χ3n) is 10.6. The van der Waals surface area contributed by atoms with Crippen LogP contribution in [0.1, 0.15) is 65.7 Å². The first-order valence-corrected chi connectivity index (χ1v) is 13.4. The summed E-state index contributed by atoms with van der Waals surface area (Å²) in [6, 6.07) is -0.790. The van der Waals surface area contributed by atoms with E-state index < -0.39 is 29.6 Å². The molecule has 2 N–H and O–H groups in total. The number of allylic oxidation sites excluding steroid dienone is 4. The van der Waals surface area contributed by atoms with Crippen LogP contribution < -0.4 is 0 Å². The van der Waals surface area contributed by atoms with Crippen molar-refractivity contribution in [1.29, 1.82) is 0 Å². The van der Waals surface area contributed by atoms with Gasteiger partial charge in [-0.3, -0.25) is 4.79 Å². The highest BCUT2D eigenvalue weighted by Crippen LogP contribution is 2.66. The number of carbonyl (C=O) groups excluding carboxylic acids is 2. The number of ether oxygens (including phenoxy) is 1. The summed E-state index contributed by atoms with van der Waals surface area (Å²) >= 11 is 0. The second kappa shape index (κ2) is 8.98. The van der Waals surface area contributed by atoms with Gasteiger partial charge in [-0.15, -0.1) is 0 Å². The topological polar surface area (TPSA) is 109 Å². The van der Waals surface area contributed by atoms with Gasteiger partial charge in [0.1, 0.15) is 11.8 Å². The number of hydrogen-bond acceptors (Lipinski definition) is 7. The van der Waals surface area contributed by atoms with Crippen molar-refractivity contribution in [3.63, 3.8) is 0 Å². The maximum atomic E-state index is 12.6. The van der Waals surface area contributed by atoms with E-state index in [2.05, 4.69) is 31.2 Å². The minimum absolute atomic E-state index is 0.00931. The normalized spacial score (nSPS) is 44.5. The number of likely N-dealkylation sites (tertiary alicyclic amines) is 1. The Kier molecular flexibility index (Phi) is 6.35. The van der Waals surface area contributed by atoms with E-state index in [1.165, 1.54) is 17.6 Å². The van der Waals surface area contributed by atoms with E-state index in [-0.39, 0.29) is 30.4 Å². The van der Waals surface area contributed by atoms with Gasteiger partial charge in [-0.1, -0.05) is 30.7 Å². The van der Waals surface area contributed by atoms with Gasteiger partial charge in [0.25, 0.3) is 5.91 Å². The van der Waals surface area contributed by atoms with Gasteiger partial charge in [-0.05, 0) is 80.8 Å². The SMILES string of the molecule is COC(=O)[C@H]1C[C@H](O)CN1C(=O)CO/N=C1\C=C[C@@]2(C)C(=C1)CC[C@@H]1[C@@H]2CC[C@@]2(C)[C@H]1CC[C@]2(C)O. The third-order valence-corrected chi connectivity index (χ3v) is 10.6. The van der Waals surface area contributed by atoms with E-state index in [0.717, 1.165) is 38.5 Å². The van der Waals surface area contributed by atoms with Gasteiger partial charge >= 0.3 is 5.97 Å². The number of β-amino-alcohol motifs (C(OH)–C–C–N with tert-alkyl or cyclic N) is 1. The van der Waals surface area contributed by atoms with Crippen molar-refractivity contribution in [2.75, 3.05) is 20.3 Å². The number of rotatable bonds is 4. The number of hydrogen-bond donors (Lipinski definition) is 2. The van der Waals surface area contributed by atoms with Crippen molar-refractivity contribution < 1.29 is 29.4 Å². The molecule has 198 valence electrons. The first-order valence-electron chi connectivity index (χ1n) is 13.4. The standard InChI is InChI=1S/C28H40N2O6/c1-26-10-7-18(29-36-16-24(32)30-15-19(31)14-23(30)25(33)35-4)13-17(26)5-6-20-21(26)8-11-27(2)22(20)9-12-28(27,3)34/h7,10,13,19-23,31,34H,5-6,8-9,11-12,14-16H2,1-4H3/b29-18+/t19-,20+,21-,22-,23+,26-,27-,28-/m0/s1. The molecule has 1 heterocycles. The zero-order valence-electron chi connectivity index (χ0n) is 21.9. The molecule has 8 nitrogen and oxygen atoms in total. The van der Waals surface area contributed by atoms with Crippen LogP contribution in [0.4, 0.5) is 0 Å². The van der Waals surface area contributed by atoms with E-state index in [4.69, 9.17) is 9.57 Å². The Hall–Kier alpha value is -2.19. The number of aliphatic hydroxyl groups excluding tert-OH is 1. The quantitative estimate of drug-likeness (QED) is 0.454. The highest BCUT2D eigenvalue weighted by atomic mass is 16.6. The van der Waals surface area contributed by atoms with Gasteiger partial charge in [-0.25, -0.2) is 4.79 Å². The Morgan fingerprint density at radius 2 is 1.92 bits per heavy atom. The summed E-state index contributed by atoms with van der Waals surface area (Å²) in [6.07, 6.45) is 12.1. The van der Waals surface area contributed by atoms with E-state index in [1.807, 2.05) is 13.0 Å². The summed E-state index contributed by atoms with van der Waals surface area (Å²) in [5.74, 6) is 0.810. The number of amides is 1. The van der Waals surface area contributed by atoms with Gasteiger partial charge in [0.15, 0.2) is 6.61 Å². The number of fused-ring (bicyclic) bond motifs is 5. The molecule has 4 aliphatic carbocycles. The molecular weight excluding hydrogens is 460 g/mol. The fourth-order valence-electron chi connectivity index (χ4n) is 8.20. The second-order valence-electron chi connectivity index (χ2n) is 12.2. The predicted octanol–water partition coefficient (Wildman–Crippen LogP) is 2.98. The number of methoxy groups -OCH3 is 1. The summed E-state index contributed by atoms with van der Waals surface area (Å²) in [7, 11) is 1.27. The largest absolute Gasteiger partial charge is 0.467 e. The molecule has 8 heteroatoms. The molecule has 1 amide bonds. The Bertz CT molecular complexity index is 1020. The van der Waals surface area contributed by atoms with Gasteiger partial charge < -0.3 is 24.7 Å². The van der Waals surface area contributed by atoms with Crippen molar-refractivity contribution in [1.82, 2.24) is 4.90 Å². The summed E-state index contributed by atoms with van der Waals surface area (Å²) < 4.78 is 4.76. The van der Waals surface area contributed by atoms with Gasteiger partial charge in [0.05, 0.1) is 18.8 Å². The molecule has 0 aromatic heterocycles. The molecule has 0 bridgehead atoms. The molecule has 1 saturated heterocycles. The maximum Gasteiger partial charge on any atom is 0.328 e. The minimum atomic E-state index is -0.790. The summed E-state index contributed by atoms with van der Waals surface area (Å²) in [4.78, 5) is 31.3. The molecule has 1 aliphatic heterocycles. The number of aliphatic hydroxyl groups is 2. The van der Waals surface area contributed by atoms with Crippen molar-refractivity contribution >= 4 is 17.6 Å². The molecule has 36 heavy (non-hydrogen) atoms. The Balaban J connectivity index is 1.24. The van der Waals surface area contributed by atoms with Crippen LogP contribution in [-0.4, -0.2) is 70.7 Å². The van der Waals surface area contributed by atoms with Crippen LogP contribution in [0.3, 0.4) is 0 Å². The number of carbonyl (C=O) groups is 2. The Morgan fingerprint density at radius 1 is 1.17 bits per heavy atom. The summed E-state index contributed by atoms with van der Waals surface area (Å²) in [5.41, 5.74) is 1.47. The van der Waals surface area contributed by atoms with Crippen molar-refractivity contribution in [2.24, 2.45) is 33.7 Å². The van der Waals surface area contributed by atoms with Crippen LogP contribution in [0, 0.1) is 28.6 Å². The molecule has 8 atom stereocenters. The zero-order chi connectivity index (χ0) is 25.9. The molecule has 0 unspecified atom stereocenters. The molecule has 0 radical (unpaired) electrons. The Morgan fingerprint density at radius 3 is 2.67 bits per heavy atom. The lowest BCUT2D eigenvalue weighted by Gasteiger charge is -2.58. The van der Waals surface area contributed by atoms with Gasteiger partial charge in [0, 0.05) is 18.4 Å². The van der Waals surface area contributed by atoms with Crippen molar-refractivity contribution in [2.45, 2.75) is 83.5 Å². The predicted molar refractivity (Wildman–Crippen MR) is 134 cm³/mol. The average Bonchev–Trinajstić information content (AvgIpc) is 3.35. The van der Waals surface area contributed by atoms with Crippen molar-refractivity contribution in [3.8, 4) is 0 Å².